The van der Waals surface area contributed by atoms with Gasteiger partial charge in [0.1, 0.15) is 0 Å². The lowest BCUT2D eigenvalue weighted by molar-refractivity contribution is 0.529. The number of fused-ring (bicyclic) bond motifs is 1. The highest BCUT2D eigenvalue weighted by molar-refractivity contribution is 5.65. The van der Waals surface area contributed by atoms with Gasteiger partial charge in [-0.1, -0.05) is 31.2 Å². The maximum atomic E-state index is 4.91. The molecule has 2 heterocycles. The third-order valence-electron chi connectivity index (χ3n) is 4.31. The molecule has 1 N–H and O–H groups in total. The molecule has 0 bridgehead atoms. The third kappa shape index (κ3) is 2.75. The molecule has 1 aromatic carbocycles. The van der Waals surface area contributed by atoms with E-state index in [1.807, 2.05) is 0 Å². The van der Waals surface area contributed by atoms with Crippen molar-refractivity contribution in [3.8, 4) is 11.3 Å². The number of nitrogens with zero attached hydrogens (tertiary/aromatic N) is 2. The number of aryl methyl sites for hydroxylation is 1. The van der Waals surface area contributed by atoms with Gasteiger partial charge in [-0.15, -0.1) is 0 Å². The zero-order valence-electron chi connectivity index (χ0n) is 13.3. The van der Waals surface area contributed by atoms with Crippen molar-refractivity contribution in [3.05, 3.63) is 41.1 Å². The average molecular weight is 283 g/mol. The van der Waals surface area contributed by atoms with Crippen LogP contribution >= 0.6 is 0 Å². The summed E-state index contributed by atoms with van der Waals surface area (Å²) in [5.74, 6) is 0. The molecule has 0 amide bonds. The highest BCUT2D eigenvalue weighted by Gasteiger charge is 2.21. The zero-order valence-corrected chi connectivity index (χ0v) is 13.3. The molecule has 1 aromatic heterocycles. The van der Waals surface area contributed by atoms with Gasteiger partial charge in [-0.25, -0.2) is 0 Å². The second-order valence-electron chi connectivity index (χ2n) is 6.11. The summed E-state index contributed by atoms with van der Waals surface area (Å²) >= 11 is 0. The minimum Gasteiger partial charge on any atom is -0.316 e. The first-order chi connectivity index (χ1) is 10.2. The van der Waals surface area contributed by atoms with Crippen LogP contribution in [0.15, 0.2) is 24.3 Å². The van der Waals surface area contributed by atoms with Crippen molar-refractivity contribution in [2.24, 2.45) is 0 Å². The second-order valence-corrected chi connectivity index (χ2v) is 6.11. The molecule has 21 heavy (non-hydrogen) atoms. The average Bonchev–Trinajstić information content (AvgIpc) is 2.71. The minimum atomic E-state index is 0.394. The number of nitrogens with one attached hydrogen (secondary N) is 1. The Morgan fingerprint density at radius 1 is 1.14 bits per heavy atom. The smallest absolute Gasteiger partial charge is 0.0720 e. The van der Waals surface area contributed by atoms with E-state index in [1.165, 1.54) is 28.1 Å². The molecule has 0 unspecified atom stereocenters. The van der Waals surface area contributed by atoms with Crippen molar-refractivity contribution >= 4 is 0 Å². The van der Waals surface area contributed by atoms with Crippen LogP contribution in [0.2, 0.25) is 0 Å². The lowest BCUT2D eigenvalue weighted by Crippen LogP contribution is -2.17. The minimum absolute atomic E-state index is 0.394. The van der Waals surface area contributed by atoms with Crippen LogP contribution in [0.1, 0.15) is 43.6 Å². The zero-order chi connectivity index (χ0) is 14.8. The summed E-state index contributed by atoms with van der Waals surface area (Å²) in [6, 6.07) is 9.40. The Morgan fingerprint density at radius 2 is 1.86 bits per heavy atom. The first kappa shape index (κ1) is 14.3. The first-order valence-electron chi connectivity index (χ1n) is 8.11. The van der Waals surface area contributed by atoms with E-state index < -0.39 is 0 Å². The van der Waals surface area contributed by atoms with Gasteiger partial charge in [0.05, 0.1) is 11.4 Å². The van der Waals surface area contributed by atoms with E-state index in [0.29, 0.717) is 6.04 Å². The maximum absolute atomic E-state index is 4.91. The molecule has 2 aromatic rings. The number of benzene rings is 1. The predicted octanol–water partition coefficient (Wildman–Crippen LogP) is 3.38. The number of hydrogen-bond acceptors (Lipinski definition) is 2. The standard InChI is InChI=1S/C18H25N3/c1-4-14-5-7-15(8-6-14)18-16-9-11-19-12-10-17(16)20-21(18)13(2)3/h5-8,13,19H,4,9-12H2,1-3H3. The van der Waals surface area contributed by atoms with Gasteiger partial charge in [-0.2, -0.15) is 5.10 Å². The molecule has 3 rings (SSSR count). The summed E-state index contributed by atoms with van der Waals surface area (Å²) in [4.78, 5) is 0. The third-order valence-corrected chi connectivity index (χ3v) is 4.31. The van der Waals surface area contributed by atoms with Crippen molar-refractivity contribution in [1.82, 2.24) is 15.1 Å². The lowest BCUT2D eigenvalue weighted by Gasteiger charge is -2.13. The maximum Gasteiger partial charge on any atom is 0.0720 e. The van der Waals surface area contributed by atoms with E-state index >= 15 is 0 Å². The van der Waals surface area contributed by atoms with Crippen LogP contribution in [0.4, 0.5) is 0 Å². The fourth-order valence-electron chi connectivity index (χ4n) is 3.10. The van der Waals surface area contributed by atoms with E-state index in [2.05, 4.69) is 55.0 Å². The molecule has 0 saturated carbocycles. The highest BCUT2D eigenvalue weighted by Crippen LogP contribution is 2.30. The van der Waals surface area contributed by atoms with Gasteiger partial charge in [-0.05, 0) is 38.8 Å². The molecule has 0 fully saturated rings. The Balaban J connectivity index is 2.11. The van der Waals surface area contributed by atoms with Gasteiger partial charge in [0.15, 0.2) is 0 Å². The molecule has 3 nitrogen and oxygen atoms in total. The van der Waals surface area contributed by atoms with Gasteiger partial charge >= 0.3 is 0 Å². The largest absolute Gasteiger partial charge is 0.316 e. The topological polar surface area (TPSA) is 29.9 Å². The summed E-state index contributed by atoms with van der Waals surface area (Å²) in [6.45, 7) is 8.72. The van der Waals surface area contributed by atoms with Gasteiger partial charge in [-0.3, -0.25) is 4.68 Å². The first-order valence-corrected chi connectivity index (χ1v) is 8.11. The van der Waals surface area contributed by atoms with Gasteiger partial charge < -0.3 is 5.32 Å². The van der Waals surface area contributed by atoms with Gasteiger partial charge in [0.2, 0.25) is 0 Å². The van der Waals surface area contributed by atoms with Crippen molar-refractivity contribution in [2.75, 3.05) is 13.1 Å². The molecule has 1 aliphatic rings. The molecule has 0 aliphatic carbocycles. The summed E-state index contributed by atoms with van der Waals surface area (Å²) in [5.41, 5.74) is 6.74. The fraction of sp³-hybridized carbons (Fsp3) is 0.500. The van der Waals surface area contributed by atoms with Crippen LogP contribution in [0.5, 0.6) is 0 Å². The molecule has 3 heteroatoms. The summed E-state index contributed by atoms with van der Waals surface area (Å²) in [7, 11) is 0. The van der Waals surface area contributed by atoms with E-state index in [0.717, 1.165) is 32.4 Å². The molecular weight excluding hydrogens is 258 g/mol. The molecule has 1 aliphatic heterocycles. The monoisotopic (exact) mass is 283 g/mol. The van der Waals surface area contributed by atoms with Crippen LogP contribution in [0.3, 0.4) is 0 Å². The Labute approximate surface area is 127 Å². The van der Waals surface area contributed by atoms with Crippen molar-refractivity contribution in [3.63, 3.8) is 0 Å². The molecule has 0 saturated heterocycles. The second kappa shape index (κ2) is 6.02. The Hall–Kier alpha value is -1.61. The highest BCUT2D eigenvalue weighted by atomic mass is 15.3. The molecule has 0 spiro atoms. The molecule has 112 valence electrons. The number of rotatable bonds is 3. The quantitative estimate of drug-likeness (QED) is 0.936. The number of hydrogen-bond donors (Lipinski definition) is 1. The lowest BCUT2D eigenvalue weighted by atomic mass is 10.0. The summed E-state index contributed by atoms with van der Waals surface area (Å²) in [5, 5.41) is 8.38. The number of aromatic nitrogens is 2. The van der Waals surface area contributed by atoms with Crippen molar-refractivity contribution in [2.45, 2.75) is 46.1 Å². The van der Waals surface area contributed by atoms with Crippen LogP contribution in [-0.4, -0.2) is 22.9 Å². The van der Waals surface area contributed by atoms with Crippen molar-refractivity contribution in [1.29, 1.82) is 0 Å². The Kier molecular flexibility index (Phi) is 4.11. The predicted molar refractivity (Wildman–Crippen MR) is 87.7 cm³/mol. The van der Waals surface area contributed by atoms with Crippen LogP contribution in [0.25, 0.3) is 11.3 Å². The summed E-state index contributed by atoms with van der Waals surface area (Å²) < 4.78 is 2.22. The summed E-state index contributed by atoms with van der Waals surface area (Å²) in [6.07, 6.45) is 3.20. The molecular formula is C18H25N3. The Bertz CT molecular complexity index is 608. The van der Waals surface area contributed by atoms with E-state index in [9.17, 15) is 0 Å². The fourth-order valence-corrected chi connectivity index (χ4v) is 3.10. The van der Waals surface area contributed by atoms with E-state index in [1.54, 1.807) is 0 Å². The van der Waals surface area contributed by atoms with Crippen LogP contribution < -0.4 is 5.32 Å². The van der Waals surface area contributed by atoms with Crippen LogP contribution in [-0.2, 0) is 19.3 Å². The SMILES string of the molecule is CCc1ccc(-c2c3c(nn2C(C)C)CCNCC3)cc1. The van der Waals surface area contributed by atoms with E-state index in [4.69, 9.17) is 5.10 Å². The van der Waals surface area contributed by atoms with Crippen molar-refractivity contribution < 1.29 is 0 Å². The van der Waals surface area contributed by atoms with Gasteiger partial charge in [0, 0.05) is 30.1 Å². The Morgan fingerprint density at radius 3 is 2.52 bits per heavy atom. The molecule has 0 atom stereocenters. The van der Waals surface area contributed by atoms with Gasteiger partial charge in [0.25, 0.3) is 0 Å². The van der Waals surface area contributed by atoms with Crippen LogP contribution in [0, 0.1) is 0 Å². The normalized spacial score (nSPS) is 15.0. The molecule has 0 radical (unpaired) electrons. The van der Waals surface area contributed by atoms with E-state index in [-0.39, 0.29) is 0 Å².